The number of fused-ring (bicyclic) bond motifs is 1. The Morgan fingerprint density at radius 1 is 0.966 bits per heavy atom. The maximum absolute atomic E-state index is 13.2. The van der Waals surface area contributed by atoms with E-state index in [1.54, 1.807) is 42.5 Å². The fourth-order valence-electron chi connectivity index (χ4n) is 3.04. The topological polar surface area (TPSA) is 78.0 Å². The van der Waals surface area contributed by atoms with Gasteiger partial charge >= 0.3 is 0 Å². The molecule has 1 aromatic heterocycles. The van der Waals surface area contributed by atoms with E-state index in [2.05, 4.69) is 20.9 Å². The predicted octanol–water partition coefficient (Wildman–Crippen LogP) is 5.23. The van der Waals surface area contributed by atoms with Crippen molar-refractivity contribution in [2.24, 2.45) is 0 Å². The number of hydrogen-bond acceptors (Lipinski definition) is 4. The lowest BCUT2D eigenvalue weighted by molar-refractivity contribution is -0.384. The van der Waals surface area contributed by atoms with E-state index in [0.29, 0.717) is 28.0 Å². The molecule has 1 heterocycles. The maximum Gasteiger partial charge on any atom is 0.270 e. The van der Waals surface area contributed by atoms with Crippen molar-refractivity contribution >= 4 is 44.7 Å². The summed E-state index contributed by atoms with van der Waals surface area (Å²) in [6.45, 7) is 0. The zero-order valence-corrected chi connectivity index (χ0v) is 16.6. The first-order chi connectivity index (χ1) is 14.0. The minimum Gasteiger partial charge on any atom is -0.268 e. The number of para-hydroxylation sites is 2. The Kier molecular flexibility index (Phi) is 5.05. The minimum absolute atomic E-state index is 0.00168. The van der Waals surface area contributed by atoms with Crippen LogP contribution in [0.15, 0.2) is 82.1 Å². The van der Waals surface area contributed by atoms with Gasteiger partial charge in [0.1, 0.15) is 5.82 Å². The molecule has 0 spiro atoms. The Morgan fingerprint density at radius 2 is 1.72 bits per heavy atom. The van der Waals surface area contributed by atoms with Gasteiger partial charge in [0.25, 0.3) is 11.2 Å². The van der Waals surface area contributed by atoms with Crippen LogP contribution < -0.4 is 5.56 Å². The highest BCUT2D eigenvalue weighted by Gasteiger charge is 2.13. The van der Waals surface area contributed by atoms with Crippen LogP contribution in [0.25, 0.3) is 28.7 Å². The van der Waals surface area contributed by atoms with E-state index in [4.69, 9.17) is 0 Å². The summed E-state index contributed by atoms with van der Waals surface area (Å²) in [5.74, 6) is 0.423. The Balaban J connectivity index is 1.93. The maximum atomic E-state index is 13.2. The number of nitrogens with zero attached hydrogens (tertiary/aromatic N) is 3. The molecule has 4 aromatic rings. The van der Waals surface area contributed by atoms with Gasteiger partial charge in [-0.3, -0.25) is 19.5 Å². The van der Waals surface area contributed by atoms with Gasteiger partial charge in [0.2, 0.25) is 0 Å². The van der Waals surface area contributed by atoms with E-state index in [-0.39, 0.29) is 11.2 Å². The van der Waals surface area contributed by atoms with Gasteiger partial charge in [0, 0.05) is 16.6 Å². The first kappa shape index (κ1) is 18.8. The lowest BCUT2D eigenvalue weighted by atomic mass is 10.2. The van der Waals surface area contributed by atoms with Crippen molar-refractivity contribution in [3.63, 3.8) is 0 Å². The number of non-ortho nitro benzene ring substituents is 1. The van der Waals surface area contributed by atoms with Crippen molar-refractivity contribution in [1.29, 1.82) is 0 Å². The summed E-state index contributed by atoms with van der Waals surface area (Å²) in [5.41, 5.74) is 1.69. The third kappa shape index (κ3) is 3.72. The molecule has 0 N–H and O–H groups in total. The van der Waals surface area contributed by atoms with Gasteiger partial charge in [-0.05, 0) is 51.8 Å². The van der Waals surface area contributed by atoms with Crippen LogP contribution in [0.1, 0.15) is 11.4 Å². The van der Waals surface area contributed by atoms with E-state index in [9.17, 15) is 14.9 Å². The molecule has 0 aliphatic rings. The number of aromatic nitrogens is 2. The highest BCUT2D eigenvalue weighted by Crippen LogP contribution is 2.23. The standard InChI is InChI=1S/C22H14BrN3O3/c23-18-9-2-4-11-20(18)25-21(24-19-10-3-1-8-17(19)22(25)27)13-12-15-6-5-7-16(14-15)26(28)29/h1-14H/b13-12+. The summed E-state index contributed by atoms with van der Waals surface area (Å²) in [7, 11) is 0. The molecule has 29 heavy (non-hydrogen) atoms. The van der Waals surface area contributed by atoms with Crippen LogP contribution in [0.4, 0.5) is 5.69 Å². The zero-order chi connectivity index (χ0) is 20.4. The summed E-state index contributed by atoms with van der Waals surface area (Å²) in [6, 6.07) is 20.8. The molecule has 0 bridgehead atoms. The van der Waals surface area contributed by atoms with Crippen LogP contribution in [0, 0.1) is 10.1 Å². The first-order valence-corrected chi connectivity index (χ1v) is 9.53. The van der Waals surface area contributed by atoms with Crippen molar-refractivity contribution in [1.82, 2.24) is 9.55 Å². The average molecular weight is 448 g/mol. The summed E-state index contributed by atoms with van der Waals surface area (Å²) in [6.07, 6.45) is 3.39. The Bertz CT molecular complexity index is 1330. The van der Waals surface area contributed by atoms with Crippen molar-refractivity contribution in [2.45, 2.75) is 0 Å². The molecule has 0 fully saturated rings. The van der Waals surface area contributed by atoms with Crippen LogP contribution in [0.5, 0.6) is 0 Å². The van der Waals surface area contributed by atoms with Gasteiger partial charge in [-0.15, -0.1) is 0 Å². The first-order valence-electron chi connectivity index (χ1n) is 8.74. The zero-order valence-electron chi connectivity index (χ0n) is 15.0. The summed E-state index contributed by atoms with van der Waals surface area (Å²) < 4.78 is 2.28. The van der Waals surface area contributed by atoms with Crippen LogP contribution in [0.2, 0.25) is 0 Å². The van der Waals surface area contributed by atoms with Gasteiger partial charge in [0.05, 0.1) is 21.5 Å². The molecule has 0 radical (unpaired) electrons. The lowest BCUT2D eigenvalue weighted by Crippen LogP contribution is -2.22. The number of nitro groups is 1. The highest BCUT2D eigenvalue weighted by atomic mass is 79.9. The second kappa shape index (κ2) is 7.81. The minimum atomic E-state index is -0.442. The van der Waals surface area contributed by atoms with Gasteiger partial charge in [-0.1, -0.05) is 42.5 Å². The third-order valence-electron chi connectivity index (χ3n) is 4.40. The van der Waals surface area contributed by atoms with Crippen LogP contribution in [-0.2, 0) is 0 Å². The number of nitro benzene ring substituents is 1. The monoisotopic (exact) mass is 447 g/mol. The van der Waals surface area contributed by atoms with Crippen molar-refractivity contribution < 1.29 is 4.92 Å². The van der Waals surface area contributed by atoms with Gasteiger partial charge < -0.3 is 0 Å². The third-order valence-corrected chi connectivity index (χ3v) is 5.07. The Hall–Kier alpha value is -3.58. The molecule has 3 aromatic carbocycles. The molecular weight excluding hydrogens is 434 g/mol. The van der Waals surface area contributed by atoms with Crippen molar-refractivity contribution in [2.75, 3.05) is 0 Å². The second-order valence-corrected chi connectivity index (χ2v) is 7.12. The van der Waals surface area contributed by atoms with Gasteiger partial charge in [-0.2, -0.15) is 0 Å². The molecule has 0 aliphatic heterocycles. The van der Waals surface area contributed by atoms with Crippen LogP contribution >= 0.6 is 15.9 Å². The molecule has 0 amide bonds. The average Bonchev–Trinajstić information content (AvgIpc) is 2.73. The Labute approximate surface area is 174 Å². The van der Waals surface area contributed by atoms with E-state index in [1.807, 2.05) is 30.3 Å². The van der Waals surface area contributed by atoms with E-state index < -0.39 is 4.92 Å². The lowest BCUT2D eigenvalue weighted by Gasteiger charge is -2.13. The fraction of sp³-hybridized carbons (Fsp3) is 0. The number of benzene rings is 3. The van der Waals surface area contributed by atoms with Crippen molar-refractivity contribution in [3.05, 3.63) is 109 Å². The molecule has 0 aliphatic carbocycles. The molecule has 0 saturated heterocycles. The van der Waals surface area contributed by atoms with E-state index in [1.165, 1.54) is 16.7 Å². The molecular formula is C22H14BrN3O3. The van der Waals surface area contributed by atoms with Crippen LogP contribution in [-0.4, -0.2) is 14.5 Å². The van der Waals surface area contributed by atoms with Gasteiger partial charge in [-0.25, -0.2) is 4.98 Å². The van der Waals surface area contributed by atoms with Crippen molar-refractivity contribution in [3.8, 4) is 5.69 Å². The quantitative estimate of drug-likeness (QED) is 0.317. The molecule has 4 rings (SSSR count). The summed E-state index contributed by atoms with van der Waals surface area (Å²) in [5, 5.41) is 11.5. The van der Waals surface area contributed by atoms with Crippen LogP contribution in [0.3, 0.4) is 0 Å². The second-order valence-electron chi connectivity index (χ2n) is 6.26. The normalized spacial score (nSPS) is 11.2. The predicted molar refractivity (Wildman–Crippen MR) is 117 cm³/mol. The Morgan fingerprint density at radius 3 is 2.52 bits per heavy atom. The summed E-state index contributed by atoms with van der Waals surface area (Å²) >= 11 is 3.50. The molecule has 6 nitrogen and oxygen atoms in total. The highest BCUT2D eigenvalue weighted by molar-refractivity contribution is 9.10. The number of halogens is 1. The number of hydrogen-bond donors (Lipinski definition) is 0. The SMILES string of the molecule is O=c1c2ccccc2nc(/C=C/c2cccc([N+](=O)[O-])c2)n1-c1ccccc1Br. The molecule has 142 valence electrons. The largest absolute Gasteiger partial charge is 0.270 e. The molecule has 0 unspecified atom stereocenters. The molecule has 0 saturated carbocycles. The fourth-order valence-corrected chi connectivity index (χ4v) is 3.50. The van der Waals surface area contributed by atoms with E-state index >= 15 is 0 Å². The number of rotatable bonds is 4. The molecule has 0 atom stereocenters. The van der Waals surface area contributed by atoms with E-state index in [0.717, 1.165) is 4.47 Å². The van der Waals surface area contributed by atoms with Gasteiger partial charge in [0.15, 0.2) is 0 Å². The molecule has 7 heteroatoms. The smallest absolute Gasteiger partial charge is 0.268 e. The summed E-state index contributed by atoms with van der Waals surface area (Å²) in [4.78, 5) is 28.5.